The van der Waals surface area contributed by atoms with Crippen molar-refractivity contribution in [3.8, 4) is 0 Å². The summed E-state index contributed by atoms with van der Waals surface area (Å²) in [6, 6.07) is 0. The molecule has 0 atom stereocenters. The molecule has 0 N–H and O–H groups in total. The van der Waals surface area contributed by atoms with E-state index in [4.69, 9.17) is 0 Å². The van der Waals surface area contributed by atoms with Gasteiger partial charge >= 0.3 is 0 Å². The SMILES string of the molecule is [SH-].[SH-].[SH-].[SH-]. The molecule has 0 heterocycles. The molecule has 0 amide bonds. The molecule has 0 aliphatic rings. The van der Waals surface area contributed by atoms with Gasteiger partial charge in [0, 0.05) is 0 Å². The minimum absolute atomic E-state index is 0. The second-order valence-corrected chi connectivity index (χ2v) is 0. The number of hydrogen-bond acceptors (Lipinski definition) is 4. The van der Waals surface area contributed by atoms with E-state index in [0.717, 1.165) is 0 Å². The Hall–Kier alpha value is 1.40. The summed E-state index contributed by atoms with van der Waals surface area (Å²) >= 11 is 0. The van der Waals surface area contributed by atoms with Crippen molar-refractivity contribution in [1.29, 1.82) is 0 Å². The van der Waals surface area contributed by atoms with E-state index < -0.39 is 0 Å². The molecule has 0 bridgehead atoms. The van der Waals surface area contributed by atoms with Crippen molar-refractivity contribution in [2.24, 2.45) is 0 Å². The van der Waals surface area contributed by atoms with Crippen molar-refractivity contribution in [3.05, 3.63) is 0 Å². The van der Waals surface area contributed by atoms with E-state index in [1.165, 1.54) is 0 Å². The monoisotopic (exact) mass is 132 g/mol. The molecule has 0 spiro atoms. The Morgan fingerprint density at radius 2 is 0.250 bits per heavy atom. The Balaban J connectivity index is 0. The van der Waals surface area contributed by atoms with Crippen LogP contribution >= 0.6 is 0 Å². The third-order valence-electron chi connectivity index (χ3n) is 0. The van der Waals surface area contributed by atoms with Gasteiger partial charge in [-0.3, -0.25) is 0 Å². The van der Waals surface area contributed by atoms with Gasteiger partial charge in [0.25, 0.3) is 0 Å². The molecule has 0 aromatic heterocycles. The van der Waals surface area contributed by atoms with E-state index in [-0.39, 0.29) is 54.0 Å². The summed E-state index contributed by atoms with van der Waals surface area (Å²) in [4.78, 5) is 0. The van der Waals surface area contributed by atoms with Crippen molar-refractivity contribution >= 4 is 54.0 Å². The second-order valence-electron chi connectivity index (χ2n) is 0. The van der Waals surface area contributed by atoms with E-state index >= 15 is 0 Å². The predicted octanol–water partition coefficient (Wildman–Crippen LogP) is -1.08. The van der Waals surface area contributed by atoms with E-state index in [0.29, 0.717) is 0 Å². The van der Waals surface area contributed by atoms with Crippen molar-refractivity contribution in [1.82, 2.24) is 0 Å². The van der Waals surface area contributed by atoms with Crippen LogP contribution in [0.2, 0.25) is 0 Å². The Labute approximate surface area is 54.1 Å². The van der Waals surface area contributed by atoms with Gasteiger partial charge < -0.3 is 54.0 Å². The van der Waals surface area contributed by atoms with Crippen LogP contribution in [0.3, 0.4) is 0 Å². The molecule has 0 aliphatic heterocycles. The molecule has 4 heteroatoms. The highest BCUT2D eigenvalue weighted by molar-refractivity contribution is 7.37. The van der Waals surface area contributed by atoms with Crippen LogP contribution in [-0.4, -0.2) is 0 Å². The Morgan fingerprint density at radius 3 is 0.250 bits per heavy atom. The highest BCUT2D eigenvalue weighted by Gasteiger charge is -0.810. The summed E-state index contributed by atoms with van der Waals surface area (Å²) in [5.41, 5.74) is 0. The normalized spacial score (nSPS) is 0. The average Bonchev–Trinajstić information content (AvgIpc) is 0. The first-order chi connectivity index (χ1) is 0. The zero-order valence-corrected chi connectivity index (χ0v) is 5.37. The molecular weight excluding hydrogens is 128 g/mol. The van der Waals surface area contributed by atoms with Crippen LogP contribution in [-0.2, 0) is 54.0 Å². The number of thiol groups is 4. The molecule has 0 radical (unpaired) electrons. The fraction of sp³-hybridized carbons (Fsp3) is 0. The molecule has 4 heavy (non-hydrogen) atoms. The Bertz CT molecular complexity index is 0. The zero-order chi connectivity index (χ0) is 0. The summed E-state index contributed by atoms with van der Waals surface area (Å²) in [5, 5.41) is 0. The fourth-order valence-corrected chi connectivity index (χ4v) is 0. The van der Waals surface area contributed by atoms with Crippen LogP contribution in [0, 0.1) is 0 Å². The molecule has 0 aromatic rings. The van der Waals surface area contributed by atoms with Crippen LogP contribution in [0.4, 0.5) is 0 Å². The van der Waals surface area contributed by atoms with Gasteiger partial charge in [-0.05, 0) is 0 Å². The summed E-state index contributed by atoms with van der Waals surface area (Å²) in [7, 11) is 0. The standard InChI is InChI=1S/4H2S/h4*1H2/p-4. The molecule has 0 rings (SSSR count). The molecule has 0 saturated carbocycles. The molecule has 0 unspecified atom stereocenters. The van der Waals surface area contributed by atoms with Crippen molar-refractivity contribution in [3.63, 3.8) is 0 Å². The van der Waals surface area contributed by atoms with Crippen LogP contribution in [0.15, 0.2) is 0 Å². The predicted molar refractivity (Wildman–Crippen MR) is 35.0 cm³/mol. The van der Waals surface area contributed by atoms with Crippen LogP contribution < -0.4 is 0 Å². The third-order valence-corrected chi connectivity index (χ3v) is 0. The lowest BCUT2D eigenvalue weighted by Gasteiger charge is -0.814. The van der Waals surface area contributed by atoms with Crippen molar-refractivity contribution in [2.75, 3.05) is 0 Å². The fourth-order valence-electron chi connectivity index (χ4n) is 0. The number of hydrogen-bond donors (Lipinski definition) is 0. The first-order valence-corrected chi connectivity index (χ1v) is 0. The van der Waals surface area contributed by atoms with Crippen LogP contribution in [0.1, 0.15) is 0 Å². The van der Waals surface area contributed by atoms with Crippen molar-refractivity contribution in [2.45, 2.75) is 0 Å². The lowest BCUT2D eigenvalue weighted by atomic mass is 32.1. The van der Waals surface area contributed by atoms with E-state index in [9.17, 15) is 0 Å². The largest absolute Gasteiger partial charge is 0.813 e. The van der Waals surface area contributed by atoms with Gasteiger partial charge in [0.15, 0.2) is 0 Å². The van der Waals surface area contributed by atoms with Gasteiger partial charge in [0.2, 0.25) is 0 Å². The average molecular weight is 132 g/mol. The van der Waals surface area contributed by atoms with Crippen LogP contribution in [0.25, 0.3) is 0 Å². The quantitative estimate of drug-likeness (QED) is 0.304. The smallest absolute Gasteiger partial charge is 0.813 e. The molecule has 0 fully saturated rings. The van der Waals surface area contributed by atoms with E-state index in [1.54, 1.807) is 0 Å². The molecule has 32 valence electrons. The van der Waals surface area contributed by atoms with Gasteiger partial charge in [0.05, 0.1) is 0 Å². The molecule has 0 nitrogen and oxygen atoms in total. The Morgan fingerprint density at radius 1 is 0.250 bits per heavy atom. The maximum absolute atomic E-state index is 0. The first-order valence-electron chi connectivity index (χ1n) is 0. The van der Waals surface area contributed by atoms with Gasteiger partial charge in [-0.25, -0.2) is 0 Å². The topological polar surface area (TPSA) is 0 Å². The van der Waals surface area contributed by atoms with Crippen molar-refractivity contribution < 1.29 is 0 Å². The second kappa shape index (κ2) is 26.0. The summed E-state index contributed by atoms with van der Waals surface area (Å²) in [6.07, 6.45) is 0. The van der Waals surface area contributed by atoms with Crippen LogP contribution in [0.5, 0.6) is 0 Å². The Kier molecular flexibility index (Phi) is 346. The third kappa shape index (κ3) is 9.99. The number of rotatable bonds is 0. The van der Waals surface area contributed by atoms with E-state index in [2.05, 4.69) is 0 Å². The maximum atomic E-state index is 0. The van der Waals surface area contributed by atoms with Gasteiger partial charge in [-0.1, -0.05) is 0 Å². The van der Waals surface area contributed by atoms with E-state index in [1.807, 2.05) is 0 Å². The highest BCUT2D eigenvalue weighted by atomic mass is 32.1. The minimum atomic E-state index is 0. The molecular formula is H4S4-4. The molecule has 0 aromatic carbocycles. The maximum Gasteiger partial charge on any atom is -0.813 e. The lowest BCUT2D eigenvalue weighted by molar-refractivity contribution is 7.36. The van der Waals surface area contributed by atoms with Gasteiger partial charge in [0.1, 0.15) is 0 Å². The summed E-state index contributed by atoms with van der Waals surface area (Å²) in [5.74, 6) is 0. The summed E-state index contributed by atoms with van der Waals surface area (Å²) < 4.78 is 0. The zero-order valence-electron chi connectivity index (χ0n) is 1.79. The first kappa shape index (κ1) is 53.3. The minimum Gasteiger partial charge on any atom is -0.813 e. The van der Waals surface area contributed by atoms with Gasteiger partial charge in [-0.2, -0.15) is 0 Å². The van der Waals surface area contributed by atoms with Gasteiger partial charge in [-0.15, -0.1) is 0 Å². The molecule has 0 saturated heterocycles. The lowest BCUT2D eigenvalue weighted by Crippen LogP contribution is -0.00340. The summed E-state index contributed by atoms with van der Waals surface area (Å²) in [6.45, 7) is 0. The molecule has 0 aliphatic carbocycles. The highest BCUT2D eigenvalue weighted by Crippen LogP contribution is 0.000600.